The molecular formula is C10H18ClN. The molecule has 0 saturated heterocycles. The SMILES string of the molecule is C=C/C(C)=C\C(Cl)=C(C)C.CN. The van der Waals surface area contributed by atoms with Crippen molar-refractivity contribution in [3.05, 3.63) is 34.9 Å². The summed E-state index contributed by atoms with van der Waals surface area (Å²) in [4.78, 5) is 0. The third-order valence-corrected chi connectivity index (χ3v) is 1.64. The lowest BCUT2D eigenvalue weighted by atomic mass is 10.2. The van der Waals surface area contributed by atoms with Gasteiger partial charge in [0.15, 0.2) is 0 Å². The molecule has 0 fully saturated rings. The van der Waals surface area contributed by atoms with Gasteiger partial charge in [-0.25, -0.2) is 0 Å². The minimum absolute atomic E-state index is 0.803. The summed E-state index contributed by atoms with van der Waals surface area (Å²) < 4.78 is 0. The summed E-state index contributed by atoms with van der Waals surface area (Å²) in [5, 5.41) is 0.803. The molecule has 12 heavy (non-hydrogen) atoms. The van der Waals surface area contributed by atoms with Gasteiger partial charge in [0.05, 0.1) is 0 Å². The molecule has 0 amide bonds. The molecule has 0 aliphatic carbocycles. The zero-order valence-corrected chi connectivity index (χ0v) is 9.07. The van der Waals surface area contributed by atoms with Gasteiger partial charge in [-0.3, -0.25) is 0 Å². The first-order valence-corrected chi connectivity index (χ1v) is 4.17. The maximum atomic E-state index is 5.84. The quantitative estimate of drug-likeness (QED) is 0.661. The van der Waals surface area contributed by atoms with E-state index in [-0.39, 0.29) is 0 Å². The Kier molecular flexibility index (Phi) is 10.0. The third kappa shape index (κ3) is 7.58. The topological polar surface area (TPSA) is 26.0 Å². The number of rotatable bonds is 2. The van der Waals surface area contributed by atoms with Gasteiger partial charge in [-0.1, -0.05) is 35.4 Å². The van der Waals surface area contributed by atoms with Crippen LogP contribution in [0.3, 0.4) is 0 Å². The van der Waals surface area contributed by atoms with E-state index in [4.69, 9.17) is 11.6 Å². The number of hydrogen-bond donors (Lipinski definition) is 1. The largest absolute Gasteiger partial charge is 0.333 e. The van der Waals surface area contributed by atoms with Gasteiger partial charge in [0, 0.05) is 5.03 Å². The first-order valence-electron chi connectivity index (χ1n) is 3.79. The number of hydrogen-bond acceptors (Lipinski definition) is 1. The second kappa shape index (κ2) is 8.57. The summed E-state index contributed by atoms with van der Waals surface area (Å²) in [6.45, 7) is 9.56. The fourth-order valence-electron chi connectivity index (χ4n) is 0.403. The van der Waals surface area contributed by atoms with E-state index >= 15 is 0 Å². The van der Waals surface area contributed by atoms with Crippen LogP contribution in [0.2, 0.25) is 0 Å². The Morgan fingerprint density at radius 3 is 1.92 bits per heavy atom. The summed E-state index contributed by atoms with van der Waals surface area (Å²) in [6.07, 6.45) is 3.69. The van der Waals surface area contributed by atoms with Gasteiger partial charge < -0.3 is 5.73 Å². The molecule has 1 nitrogen and oxygen atoms in total. The molecule has 0 aromatic rings. The molecule has 2 heteroatoms. The molecular weight excluding hydrogens is 170 g/mol. The molecule has 70 valence electrons. The Balaban J connectivity index is 0. The molecule has 0 aliphatic heterocycles. The van der Waals surface area contributed by atoms with Crippen LogP contribution in [-0.4, -0.2) is 7.05 Å². The molecule has 0 saturated carbocycles. The minimum Gasteiger partial charge on any atom is -0.333 e. The van der Waals surface area contributed by atoms with Crippen LogP contribution in [0.5, 0.6) is 0 Å². The standard InChI is InChI=1S/C9H13Cl.CH5N/c1-5-8(4)6-9(10)7(2)3;1-2/h5-6H,1H2,2-4H3;2H2,1H3/b8-6-;. The Labute approximate surface area is 80.6 Å². The van der Waals surface area contributed by atoms with Crippen LogP contribution >= 0.6 is 11.6 Å². The molecule has 0 heterocycles. The van der Waals surface area contributed by atoms with Crippen LogP contribution in [0, 0.1) is 0 Å². The van der Waals surface area contributed by atoms with E-state index in [0.29, 0.717) is 0 Å². The van der Waals surface area contributed by atoms with E-state index < -0.39 is 0 Å². The average molecular weight is 188 g/mol. The van der Waals surface area contributed by atoms with Gasteiger partial charge >= 0.3 is 0 Å². The van der Waals surface area contributed by atoms with Gasteiger partial charge in [0.25, 0.3) is 0 Å². The van der Waals surface area contributed by atoms with Crippen LogP contribution < -0.4 is 5.73 Å². The van der Waals surface area contributed by atoms with E-state index in [1.807, 2.05) is 26.8 Å². The molecule has 0 radical (unpaired) electrons. The fraction of sp³-hybridized carbons (Fsp3) is 0.400. The van der Waals surface area contributed by atoms with Crippen LogP contribution in [0.4, 0.5) is 0 Å². The molecule has 0 atom stereocenters. The molecule has 0 unspecified atom stereocenters. The van der Waals surface area contributed by atoms with Gasteiger partial charge in [-0.15, -0.1) is 0 Å². The van der Waals surface area contributed by atoms with E-state index in [2.05, 4.69) is 12.3 Å². The van der Waals surface area contributed by atoms with Crippen molar-refractivity contribution in [3.63, 3.8) is 0 Å². The van der Waals surface area contributed by atoms with Gasteiger partial charge in [0.1, 0.15) is 0 Å². The highest BCUT2D eigenvalue weighted by molar-refractivity contribution is 6.31. The maximum absolute atomic E-state index is 5.84. The van der Waals surface area contributed by atoms with E-state index in [1.165, 1.54) is 7.05 Å². The van der Waals surface area contributed by atoms with Gasteiger partial charge in [-0.05, 0) is 33.9 Å². The Morgan fingerprint density at radius 1 is 1.25 bits per heavy atom. The first kappa shape index (κ1) is 14.0. The monoisotopic (exact) mass is 187 g/mol. The lowest BCUT2D eigenvalue weighted by Crippen LogP contribution is -1.72. The number of halogens is 1. The average Bonchev–Trinajstić information content (AvgIpc) is 2.07. The number of allylic oxidation sites excluding steroid dienone is 5. The molecule has 0 bridgehead atoms. The summed E-state index contributed by atoms with van der Waals surface area (Å²) in [6, 6.07) is 0. The number of nitrogens with two attached hydrogens (primary N) is 1. The lowest BCUT2D eigenvalue weighted by molar-refractivity contribution is 1.36. The summed E-state index contributed by atoms with van der Waals surface area (Å²) >= 11 is 5.84. The van der Waals surface area contributed by atoms with Crippen molar-refractivity contribution in [2.45, 2.75) is 20.8 Å². The normalized spacial score (nSPS) is 9.67. The predicted molar refractivity (Wildman–Crippen MR) is 58.3 cm³/mol. The van der Waals surface area contributed by atoms with Crippen LogP contribution in [0.15, 0.2) is 34.9 Å². The molecule has 0 aromatic heterocycles. The second-order valence-corrected chi connectivity index (χ2v) is 2.85. The Hall–Kier alpha value is -0.530. The molecule has 0 aliphatic rings. The molecule has 0 aromatic carbocycles. The van der Waals surface area contributed by atoms with Crippen molar-refractivity contribution in [3.8, 4) is 0 Å². The molecule has 0 rings (SSSR count). The zero-order chi connectivity index (χ0) is 10.1. The van der Waals surface area contributed by atoms with Crippen LogP contribution in [0.1, 0.15) is 20.8 Å². The van der Waals surface area contributed by atoms with Crippen molar-refractivity contribution in [2.75, 3.05) is 7.05 Å². The fourth-order valence-corrected chi connectivity index (χ4v) is 0.575. The van der Waals surface area contributed by atoms with Gasteiger partial charge in [-0.2, -0.15) is 0 Å². The zero-order valence-electron chi connectivity index (χ0n) is 8.32. The van der Waals surface area contributed by atoms with Crippen molar-refractivity contribution >= 4 is 11.6 Å². The van der Waals surface area contributed by atoms with Crippen molar-refractivity contribution in [2.24, 2.45) is 5.73 Å². The third-order valence-electron chi connectivity index (χ3n) is 1.15. The van der Waals surface area contributed by atoms with Crippen LogP contribution in [0.25, 0.3) is 0 Å². The first-order chi connectivity index (χ1) is 5.57. The molecule has 0 spiro atoms. The molecule has 2 N–H and O–H groups in total. The lowest BCUT2D eigenvalue weighted by Gasteiger charge is -1.93. The summed E-state index contributed by atoms with van der Waals surface area (Å²) in [5.41, 5.74) is 6.72. The Bertz CT molecular complexity index is 186. The van der Waals surface area contributed by atoms with E-state index in [1.54, 1.807) is 6.08 Å². The second-order valence-electron chi connectivity index (χ2n) is 2.44. The van der Waals surface area contributed by atoms with Gasteiger partial charge in [0.2, 0.25) is 0 Å². The Morgan fingerprint density at radius 2 is 1.67 bits per heavy atom. The van der Waals surface area contributed by atoms with Crippen molar-refractivity contribution in [1.82, 2.24) is 0 Å². The highest BCUT2D eigenvalue weighted by atomic mass is 35.5. The summed E-state index contributed by atoms with van der Waals surface area (Å²) in [5.74, 6) is 0. The smallest absolute Gasteiger partial charge is 0.0395 e. The maximum Gasteiger partial charge on any atom is 0.0395 e. The van der Waals surface area contributed by atoms with Crippen LogP contribution in [-0.2, 0) is 0 Å². The summed E-state index contributed by atoms with van der Waals surface area (Å²) in [7, 11) is 1.50. The predicted octanol–water partition coefficient (Wildman–Crippen LogP) is 3.23. The highest BCUT2D eigenvalue weighted by Gasteiger charge is 1.88. The van der Waals surface area contributed by atoms with E-state index in [0.717, 1.165) is 16.2 Å². The van der Waals surface area contributed by atoms with Crippen molar-refractivity contribution in [1.29, 1.82) is 0 Å². The van der Waals surface area contributed by atoms with Crippen molar-refractivity contribution < 1.29 is 0 Å². The van der Waals surface area contributed by atoms with E-state index in [9.17, 15) is 0 Å². The highest BCUT2D eigenvalue weighted by Crippen LogP contribution is 2.12. The minimum atomic E-state index is 0.803.